The normalized spacial score (nSPS) is 11.0. The first-order chi connectivity index (χ1) is 35.4. The molecule has 12 aromatic rings. The number of pyridine rings is 1. The minimum atomic E-state index is 0.463. The minimum absolute atomic E-state index is 0.463. The molecule has 330 valence electrons. The van der Waals surface area contributed by atoms with Crippen LogP contribution in [0.3, 0.4) is 0 Å². The van der Waals surface area contributed by atoms with E-state index in [1.54, 1.807) is 12.4 Å². The molecule has 9 aromatic carbocycles. The number of nitriles is 5. The molecular weight excluding hydrogens is 881 g/mol. The van der Waals surface area contributed by atoms with Crippen molar-refractivity contribution >= 4 is 43.6 Å². The Labute approximate surface area is 413 Å². The van der Waals surface area contributed by atoms with Crippen molar-refractivity contribution in [2.24, 2.45) is 0 Å². The number of aromatic nitrogens is 3. The van der Waals surface area contributed by atoms with Crippen molar-refractivity contribution in [3.05, 3.63) is 234 Å². The molecule has 0 aliphatic rings. The predicted molar refractivity (Wildman–Crippen MR) is 284 cm³/mol. The van der Waals surface area contributed by atoms with Crippen LogP contribution in [0.1, 0.15) is 27.8 Å². The maximum atomic E-state index is 11.7. The summed E-state index contributed by atoms with van der Waals surface area (Å²) < 4.78 is 4.39. The molecule has 8 nitrogen and oxygen atoms in total. The number of benzene rings is 9. The molecule has 0 spiro atoms. The Morgan fingerprint density at radius 2 is 0.528 bits per heavy atom. The third kappa shape index (κ3) is 7.17. The highest BCUT2D eigenvalue weighted by Crippen LogP contribution is 2.43. The lowest BCUT2D eigenvalue weighted by atomic mass is 9.99. The number of hydrogen-bond donors (Lipinski definition) is 0. The Morgan fingerprint density at radius 1 is 0.264 bits per heavy atom. The Balaban J connectivity index is 1.15. The van der Waals surface area contributed by atoms with Crippen molar-refractivity contribution < 1.29 is 0 Å². The number of hydrogen-bond acceptors (Lipinski definition) is 6. The van der Waals surface area contributed by atoms with Gasteiger partial charge in [0.2, 0.25) is 0 Å². The van der Waals surface area contributed by atoms with Gasteiger partial charge in [-0.15, -0.1) is 0 Å². The van der Waals surface area contributed by atoms with Gasteiger partial charge in [0.05, 0.1) is 80.0 Å². The van der Waals surface area contributed by atoms with Crippen LogP contribution < -0.4 is 0 Å². The van der Waals surface area contributed by atoms with Crippen molar-refractivity contribution in [1.29, 1.82) is 26.3 Å². The van der Waals surface area contributed by atoms with E-state index >= 15 is 0 Å². The largest absolute Gasteiger partial charge is 0.308 e. The lowest BCUT2D eigenvalue weighted by molar-refractivity contribution is 1.12. The summed E-state index contributed by atoms with van der Waals surface area (Å²) in [7, 11) is 0. The molecule has 0 amide bonds. The van der Waals surface area contributed by atoms with Crippen molar-refractivity contribution in [2.75, 3.05) is 0 Å². The molecule has 0 saturated heterocycles. The van der Waals surface area contributed by atoms with Crippen LogP contribution in [0.5, 0.6) is 0 Å². The highest BCUT2D eigenvalue weighted by atomic mass is 15.0. The lowest BCUT2D eigenvalue weighted by Crippen LogP contribution is -2.05. The molecule has 0 unspecified atom stereocenters. The molecule has 3 aromatic heterocycles. The predicted octanol–water partition coefficient (Wildman–Crippen LogP) is 15.0. The van der Waals surface area contributed by atoms with Crippen LogP contribution in [0.2, 0.25) is 0 Å². The fraction of sp³-hybridized carbons (Fsp3) is 0. The number of nitrogens with zero attached hydrogens (tertiary/aromatic N) is 8. The van der Waals surface area contributed by atoms with Gasteiger partial charge in [-0.05, 0) is 177 Å². The Hall–Kier alpha value is -10.8. The molecule has 3 heterocycles. The standard InChI is InChI=1S/C64H34N8/c65-35-40-1-9-44(10-2-40)49-17-21-59-54(29-49)55-30-50(45-11-3-41(36-66)4-12-45)18-22-60(55)71(59)63-33-53(48-25-27-70-28-26-48)34-64(58(63)39-69)72-61-23-19-51(46-13-5-42(37-67)6-14-46)31-56(61)57-32-52(20-24-62(57)72)47-15-7-43(38-68)8-16-47/h1-34H. The molecule has 12 rings (SSSR count). The summed E-state index contributed by atoms with van der Waals surface area (Å²) >= 11 is 0. The topological polar surface area (TPSA) is 142 Å². The molecule has 0 aliphatic heterocycles. The van der Waals surface area contributed by atoms with E-state index in [9.17, 15) is 26.3 Å². The van der Waals surface area contributed by atoms with Gasteiger partial charge in [-0.3, -0.25) is 4.98 Å². The number of fused-ring (bicyclic) bond motifs is 6. The first kappa shape index (κ1) is 42.5. The molecule has 8 heteroatoms. The van der Waals surface area contributed by atoms with E-state index in [0.29, 0.717) is 39.2 Å². The van der Waals surface area contributed by atoms with Gasteiger partial charge in [0.15, 0.2) is 0 Å². The summed E-state index contributed by atoms with van der Waals surface area (Å²) in [5, 5.41) is 53.9. The summed E-state index contributed by atoms with van der Waals surface area (Å²) in [6, 6.07) is 75.6. The van der Waals surface area contributed by atoms with Gasteiger partial charge >= 0.3 is 0 Å². The Morgan fingerprint density at radius 3 is 0.792 bits per heavy atom. The van der Waals surface area contributed by atoms with Gasteiger partial charge in [-0.25, -0.2) is 0 Å². The second-order valence-electron chi connectivity index (χ2n) is 17.6. The van der Waals surface area contributed by atoms with Crippen LogP contribution in [0.25, 0.3) is 111 Å². The molecular formula is C64H34N8. The van der Waals surface area contributed by atoms with Crippen LogP contribution in [0.4, 0.5) is 0 Å². The minimum Gasteiger partial charge on any atom is -0.308 e. The van der Waals surface area contributed by atoms with E-state index in [2.05, 4.69) is 129 Å². The highest BCUT2D eigenvalue weighted by Gasteiger charge is 2.24. The van der Waals surface area contributed by atoms with E-state index in [1.165, 1.54) is 0 Å². The second-order valence-corrected chi connectivity index (χ2v) is 17.6. The highest BCUT2D eigenvalue weighted by molar-refractivity contribution is 6.14. The third-order valence-corrected chi connectivity index (χ3v) is 13.6. The SMILES string of the molecule is N#Cc1ccc(-c2ccc3c(c2)c2cc(-c4ccc(C#N)cc4)ccc2n3-c2cc(-c3ccncc3)cc(-n3c4ccc(-c5ccc(C#N)cc5)cc4c4cc(-c5ccc(C#N)cc5)ccc43)c2C#N)cc1. The molecule has 0 aliphatic carbocycles. The fourth-order valence-electron chi connectivity index (χ4n) is 10.0. The summed E-state index contributed by atoms with van der Waals surface area (Å²) in [5.41, 5.74) is 17.4. The van der Waals surface area contributed by atoms with E-state index in [0.717, 1.165) is 99.2 Å². The van der Waals surface area contributed by atoms with Gasteiger partial charge in [0, 0.05) is 33.9 Å². The molecule has 0 bridgehead atoms. The van der Waals surface area contributed by atoms with Crippen molar-refractivity contribution in [3.63, 3.8) is 0 Å². The van der Waals surface area contributed by atoms with E-state index < -0.39 is 0 Å². The van der Waals surface area contributed by atoms with Crippen LogP contribution in [-0.2, 0) is 0 Å². The molecule has 72 heavy (non-hydrogen) atoms. The summed E-state index contributed by atoms with van der Waals surface area (Å²) in [6.07, 6.45) is 3.55. The Bertz CT molecular complexity index is 3910. The monoisotopic (exact) mass is 914 g/mol. The zero-order valence-electron chi connectivity index (χ0n) is 38.2. The molecule has 0 atom stereocenters. The zero-order valence-corrected chi connectivity index (χ0v) is 38.2. The van der Waals surface area contributed by atoms with Crippen LogP contribution in [0.15, 0.2) is 207 Å². The van der Waals surface area contributed by atoms with E-state index in [4.69, 9.17) is 0 Å². The van der Waals surface area contributed by atoms with Crippen molar-refractivity contribution in [2.45, 2.75) is 0 Å². The summed E-state index contributed by atoms with van der Waals surface area (Å²) in [4.78, 5) is 4.36. The van der Waals surface area contributed by atoms with Crippen LogP contribution in [-0.4, -0.2) is 14.1 Å². The zero-order chi connectivity index (χ0) is 48.9. The molecule has 0 saturated carbocycles. The van der Waals surface area contributed by atoms with Crippen molar-refractivity contribution in [3.8, 4) is 97.4 Å². The van der Waals surface area contributed by atoms with Gasteiger partial charge < -0.3 is 9.13 Å². The molecule has 0 fully saturated rings. The third-order valence-electron chi connectivity index (χ3n) is 13.6. The van der Waals surface area contributed by atoms with Crippen molar-refractivity contribution in [1.82, 2.24) is 14.1 Å². The van der Waals surface area contributed by atoms with Gasteiger partial charge in [-0.1, -0.05) is 72.8 Å². The van der Waals surface area contributed by atoms with Crippen LogP contribution >= 0.6 is 0 Å². The van der Waals surface area contributed by atoms with Gasteiger partial charge in [0.25, 0.3) is 0 Å². The summed E-state index contributed by atoms with van der Waals surface area (Å²) in [6.45, 7) is 0. The summed E-state index contributed by atoms with van der Waals surface area (Å²) in [5.74, 6) is 0. The average molecular weight is 915 g/mol. The maximum Gasteiger partial charge on any atom is 0.104 e. The fourth-order valence-corrected chi connectivity index (χ4v) is 10.0. The van der Waals surface area contributed by atoms with Crippen LogP contribution in [0, 0.1) is 56.7 Å². The maximum absolute atomic E-state index is 11.7. The lowest BCUT2D eigenvalue weighted by Gasteiger charge is -2.18. The quantitative estimate of drug-likeness (QED) is 0.156. The van der Waals surface area contributed by atoms with Gasteiger partial charge in [-0.2, -0.15) is 26.3 Å². The first-order valence-electron chi connectivity index (χ1n) is 23.1. The average Bonchev–Trinajstić information content (AvgIpc) is 3.96. The molecule has 0 radical (unpaired) electrons. The van der Waals surface area contributed by atoms with Gasteiger partial charge in [0.1, 0.15) is 11.6 Å². The first-order valence-corrected chi connectivity index (χ1v) is 23.1. The van der Waals surface area contributed by atoms with E-state index in [-0.39, 0.29) is 0 Å². The number of rotatable bonds is 7. The molecule has 0 N–H and O–H groups in total. The van der Waals surface area contributed by atoms with E-state index in [1.807, 2.05) is 109 Å². The smallest absolute Gasteiger partial charge is 0.104 e. The Kier molecular flexibility index (Phi) is 10.3. The second kappa shape index (κ2) is 17.4.